The van der Waals surface area contributed by atoms with Crippen molar-refractivity contribution in [1.82, 2.24) is 15.5 Å². The summed E-state index contributed by atoms with van der Waals surface area (Å²) in [5.74, 6) is 1.16. The molecule has 2 N–H and O–H groups in total. The number of guanidine groups is 1. The fourth-order valence-electron chi connectivity index (χ4n) is 5.05. The normalized spacial score (nSPS) is 34.4. The summed E-state index contributed by atoms with van der Waals surface area (Å²) in [5.41, 5.74) is 0. The van der Waals surface area contributed by atoms with Gasteiger partial charge in [0.15, 0.2) is 15.8 Å². The summed E-state index contributed by atoms with van der Waals surface area (Å²) in [6, 6.07) is 0. The zero-order valence-electron chi connectivity index (χ0n) is 16.5. The Morgan fingerprint density at radius 2 is 1.83 bits per heavy atom. The van der Waals surface area contributed by atoms with Crippen LogP contribution in [0.25, 0.3) is 0 Å². The summed E-state index contributed by atoms with van der Waals surface area (Å²) in [4.78, 5) is 31.3. The molecule has 0 aromatic rings. The maximum Gasteiger partial charge on any atom is 0.233 e. The van der Waals surface area contributed by atoms with Crippen molar-refractivity contribution in [3.05, 3.63) is 12.2 Å². The maximum absolute atomic E-state index is 12.7. The number of imide groups is 1. The molecular weight excluding hydrogens is 507 g/mol. The predicted octanol–water partition coefficient (Wildman–Crippen LogP) is 0.401. The van der Waals surface area contributed by atoms with E-state index in [1.54, 1.807) is 0 Å². The van der Waals surface area contributed by atoms with E-state index >= 15 is 0 Å². The highest BCUT2D eigenvalue weighted by atomic mass is 127. The van der Waals surface area contributed by atoms with Crippen molar-refractivity contribution in [1.29, 1.82) is 0 Å². The molecule has 2 aliphatic heterocycles. The van der Waals surface area contributed by atoms with Crippen LogP contribution >= 0.6 is 24.0 Å². The summed E-state index contributed by atoms with van der Waals surface area (Å²) >= 11 is 0. The molecule has 10 heteroatoms. The first kappa shape index (κ1) is 22.5. The number of nitrogens with one attached hydrogen (secondary N) is 2. The highest BCUT2D eigenvalue weighted by molar-refractivity contribution is 14.0. The van der Waals surface area contributed by atoms with E-state index in [0.29, 0.717) is 38.6 Å². The SMILES string of the molecule is CCNC(=NCC1CCS(=O)(=O)C1)NCCN1C(=O)C2C3C=CC(C3)C2C1=O.I. The Morgan fingerprint density at radius 1 is 1.17 bits per heavy atom. The minimum absolute atomic E-state index is 0. The summed E-state index contributed by atoms with van der Waals surface area (Å²) in [7, 11) is -2.90. The number of sulfone groups is 1. The molecule has 0 radical (unpaired) electrons. The molecule has 0 aromatic carbocycles. The highest BCUT2D eigenvalue weighted by Gasteiger charge is 2.58. The van der Waals surface area contributed by atoms with Crippen molar-refractivity contribution in [3.8, 4) is 0 Å². The van der Waals surface area contributed by atoms with Gasteiger partial charge in [-0.15, -0.1) is 24.0 Å². The second-order valence-electron chi connectivity index (χ2n) is 8.24. The molecule has 0 spiro atoms. The fourth-order valence-corrected chi connectivity index (χ4v) is 6.90. The molecule has 4 aliphatic rings. The number of carbonyl (C=O) groups excluding carboxylic acids is 2. The van der Waals surface area contributed by atoms with E-state index in [0.717, 1.165) is 6.42 Å². The molecule has 162 valence electrons. The summed E-state index contributed by atoms with van der Waals surface area (Å²) in [5, 5.41) is 6.30. The number of fused-ring (bicyclic) bond motifs is 5. The van der Waals surface area contributed by atoms with Crippen LogP contribution in [-0.4, -0.2) is 68.8 Å². The summed E-state index contributed by atoms with van der Waals surface area (Å²) in [6.07, 6.45) is 5.78. The van der Waals surface area contributed by atoms with Crippen molar-refractivity contribution < 1.29 is 18.0 Å². The fraction of sp³-hybridized carbons (Fsp3) is 0.737. The van der Waals surface area contributed by atoms with Crippen molar-refractivity contribution in [2.75, 3.05) is 37.7 Å². The molecular formula is C19H29IN4O4S. The number of hydrogen-bond donors (Lipinski definition) is 2. The minimum atomic E-state index is -2.90. The second kappa shape index (κ2) is 8.91. The molecule has 29 heavy (non-hydrogen) atoms. The molecule has 5 unspecified atom stereocenters. The number of amides is 2. The first-order chi connectivity index (χ1) is 13.4. The third-order valence-electron chi connectivity index (χ3n) is 6.37. The van der Waals surface area contributed by atoms with Gasteiger partial charge in [-0.1, -0.05) is 12.2 Å². The van der Waals surface area contributed by atoms with Crippen molar-refractivity contribution in [2.45, 2.75) is 19.8 Å². The summed E-state index contributed by atoms with van der Waals surface area (Å²) < 4.78 is 23.1. The number of likely N-dealkylation sites (tertiary alicyclic amines) is 1. The molecule has 8 nitrogen and oxygen atoms in total. The lowest BCUT2D eigenvalue weighted by molar-refractivity contribution is -0.140. The topological polar surface area (TPSA) is 108 Å². The summed E-state index contributed by atoms with van der Waals surface area (Å²) in [6.45, 7) is 3.83. The van der Waals surface area contributed by atoms with Crippen LogP contribution in [0, 0.1) is 29.6 Å². The molecule has 0 aromatic heterocycles. The van der Waals surface area contributed by atoms with Gasteiger partial charge in [-0.2, -0.15) is 0 Å². The predicted molar refractivity (Wildman–Crippen MR) is 121 cm³/mol. The van der Waals surface area contributed by atoms with Gasteiger partial charge in [0.2, 0.25) is 11.8 Å². The van der Waals surface area contributed by atoms with Gasteiger partial charge in [0.1, 0.15) is 0 Å². The van der Waals surface area contributed by atoms with E-state index in [2.05, 4.69) is 27.8 Å². The van der Waals surface area contributed by atoms with Gasteiger partial charge in [-0.3, -0.25) is 19.5 Å². The molecule has 2 heterocycles. The Bertz CT molecular complexity index is 798. The van der Waals surface area contributed by atoms with Gasteiger partial charge in [-0.25, -0.2) is 8.42 Å². The van der Waals surface area contributed by atoms with Gasteiger partial charge >= 0.3 is 0 Å². The van der Waals surface area contributed by atoms with E-state index in [-0.39, 0.29) is 76.9 Å². The van der Waals surface area contributed by atoms with Gasteiger partial charge in [0.25, 0.3) is 0 Å². The Balaban J connectivity index is 0.00000240. The average molecular weight is 536 g/mol. The number of aliphatic imine (C=N–C) groups is 1. The molecule has 2 saturated heterocycles. The van der Waals surface area contributed by atoms with Crippen LogP contribution in [0.3, 0.4) is 0 Å². The van der Waals surface area contributed by atoms with Crippen molar-refractivity contribution in [2.24, 2.45) is 34.6 Å². The lowest BCUT2D eigenvalue weighted by atomic mass is 9.85. The standard InChI is InChI=1S/C19H28N4O4S.HI/c1-2-20-19(22-10-12-5-8-28(26,27)11-12)21-6-7-23-17(24)15-13-3-4-14(9-13)16(15)18(23)25;/h3-4,12-16H,2,5-11H2,1H3,(H2,20,21,22);1H. The molecule has 3 fully saturated rings. The van der Waals surface area contributed by atoms with E-state index in [1.165, 1.54) is 4.90 Å². The number of halogens is 1. The number of allylic oxidation sites excluding steroid dienone is 2. The van der Waals surface area contributed by atoms with Gasteiger partial charge < -0.3 is 10.6 Å². The first-order valence-electron chi connectivity index (χ1n) is 10.2. The maximum atomic E-state index is 12.7. The molecule has 4 rings (SSSR count). The first-order valence-corrected chi connectivity index (χ1v) is 12.0. The van der Waals surface area contributed by atoms with Crippen molar-refractivity contribution in [3.63, 3.8) is 0 Å². The number of rotatable bonds is 6. The minimum Gasteiger partial charge on any atom is -0.357 e. The van der Waals surface area contributed by atoms with Gasteiger partial charge in [-0.05, 0) is 37.5 Å². The Labute approximate surface area is 188 Å². The van der Waals surface area contributed by atoms with Gasteiger partial charge in [0.05, 0.1) is 23.3 Å². The van der Waals surface area contributed by atoms with Crippen LogP contribution in [0.15, 0.2) is 17.1 Å². The molecule has 5 atom stereocenters. The van der Waals surface area contributed by atoms with E-state index < -0.39 is 9.84 Å². The molecule has 2 bridgehead atoms. The highest BCUT2D eigenvalue weighted by Crippen LogP contribution is 2.52. The lowest BCUT2D eigenvalue weighted by Gasteiger charge is -2.19. The number of nitrogens with zero attached hydrogens (tertiary/aromatic N) is 2. The number of carbonyl (C=O) groups is 2. The van der Waals surface area contributed by atoms with Crippen LogP contribution in [0.4, 0.5) is 0 Å². The van der Waals surface area contributed by atoms with Crippen molar-refractivity contribution >= 4 is 51.6 Å². The zero-order chi connectivity index (χ0) is 19.9. The zero-order valence-corrected chi connectivity index (χ0v) is 19.7. The molecule has 2 aliphatic carbocycles. The average Bonchev–Trinajstić information content (AvgIpc) is 3.39. The van der Waals surface area contributed by atoms with E-state index in [1.807, 2.05) is 6.92 Å². The van der Waals surface area contributed by atoms with Crippen LogP contribution in [-0.2, 0) is 19.4 Å². The Morgan fingerprint density at radius 3 is 2.38 bits per heavy atom. The Hall–Kier alpha value is -1.17. The molecule has 2 amide bonds. The quantitative estimate of drug-likeness (QED) is 0.167. The van der Waals surface area contributed by atoms with E-state index in [9.17, 15) is 18.0 Å². The van der Waals surface area contributed by atoms with E-state index in [4.69, 9.17) is 0 Å². The number of hydrogen-bond acceptors (Lipinski definition) is 5. The van der Waals surface area contributed by atoms with Crippen LogP contribution in [0.1, 0.15) is 19.8 Å². The third kappa shape index (κ3) is 4.47. The lowest BCUT2D eigenvalue weighted by Crippen LogP contribution is -2.44. The van der Waals surface area contributed by atoms with Crippen LogP contribution in [0.2, 0.25) is 0 Å². The van der Waals surface area contributed by atoms with Crippen LogP contribution < -0.4 is 10.6 Å². The third-order valence-corrected chi connectivity index (χ3v) is 8.21. The van der Waals surface area contributed by atoms with Crippen LogP contribution in [0.5, 0.6) is 0 Å². The Kier molecular flexibility index (Phi) is 6.91. The van der Waals surface area contributed by atoms with Gasteiger partial charge in [0, 0.05) is 26.2 Å². The second-order valence-corrected chi connectivity index (χ2v) is 10.5. The largest absolute Gasteiger partial charge is 0.357 e. The monoisotopic (exact) mass is 536 g/mol. The smallest absolute Gasteiger partial charge is 0.233 e. The molecule has 1 saturated carbocycles.